The van der Waals surface area contributed by atoms with Crippen LogP contribution in [-0.4, -0.2) is 30.5 Å². The van der Waals surface area contributed by atoms with Crippen LogP contribution in [0, 0.1) is 10.1 Å². The Bertz CT molecular complexity index is 813. The van der Waals surface area contributed by atoms with Crippen molar-refractivity contribution < 1.29 is 18.1 Å². The first-order valence-corrected chi connectivity index (χ1v) is 9.29. The van der Waals surface area contributed by atoms with E-state index in [-0.39, 0.29) is 12.0 Å². The van der Waals surface area contributed by atoms with Gasteiger partial charge >= 0.3 is 0 Å². The smallest absolute Gasteiger partial charge is 0.288 e. The van der Waals surface area contributed by atoms with E-state index in [1.54, 1.807) is 6.92 Å². The number of aryl methyl sites for hydroxylation is 1. The number of hydrogen-bond donors (Lipinski definition) is 2. The van der Waals surface area contributed by atoms with E-state index in [0.717, 1.165) is 6.07 Å². The summed E-state index contributed by atoms with van der Waals surface area (Å²) in [6.07, 6.45) is 1.27. The number of nitrogens with two attached hydrogens (primary N) is 2. The normalized spacial score (nSPS) is 12.4. The highest BCUT2D eigenvalue weighted by atomic mass is 32.2. The molecule has 138 valence electrons. The van der Waals surface area contributed by atoms with Crippen molar-refractivity contribution in [2.45, 2.75) is 50.2 Å². The highest BCUT2D eigenvalue weighted by Crippen LogP contribution is 2.32. The number of sulfone groups is 1. The van der Waals surface area contributed by atoms with E-state index < -0.39 is 42.5 Å². The molecule has 25 heavy (non-hydrogen) atoms. The third kappa shape index (κ3) is 4.53. The van der Waals surface area contributed by atoms with Crippen LogP contribution in [0.1, 0.15) is 49.5 Å². The van der Waals surface area contributed by atoms with Gasteiger partial charge in [0.05, 0.1) is 15.7 Å². The molecule has 0 aliphatic rings. The Kier molecular flexibility index (Phi) is 6.63. The molecule has 0 aliphatic heterocycles. The molecule has 1 aromatic rings. The zero-order valence-corrected chi connectivity index (χ0v) is 15.2. The molecule has 1 aromatic carbocycles. The molecule has 1 rings (SSSR count). The molecular formula is C15H22N4O5S. The van der Waals surface area contributed by atoms with E-state index in [2.05, 4.69) is 4.99 Å². The number of hydrogen-bond acceptors (Lipinski definition) is 5. The Hall–Kier alpha value is -2.49. The zero-order chi connectivity index (χ0) is 19.4. The maximum Gasteiger partial charge on any atom is 0.288 e. The summed E-state index contributed by atoms with van der Waals surface area (Å²) >= 11 is 0. The maximum absolute atomic E-state index is 12.7. The van der Waals surface area contributed by atoms with Crippen LogP contribution < -0.4 is 11.5 Å². The molecule has 4 N–H and O–H groups in total. The second-order valence-electron chi connectivity index (χ2n) is 5.57. The Morgan fingerprint density at radius 1 is 1.32 bits per heavy atom. The summed E-state index contributed by atoms with van der Waals surface area (Å²) in [6, 6.07) is 2.11. The molecule has 0 radical (unpaired) electrons. The number of carbonyl (C=O) groups excluding carboxylic acids is 1. The topological polar surface area (TPSA) is 159 Å². The number of benzene rings is 1. The number of guanidine groups is 1. The van der Waals surface area contributed by atoms with Crippen LogP contribution in [0.4, 0.5) is 5.69 Å². The average molecular weight is 370 g/mol. The number of rotatable bonds is 7. The van der Waals surface area contributed by atoms with Crippen LogP contribution in [-0.2, 0) is 16.3 Å². The molecule has 0 bridgehead atoms. The monoisotopic (exact) mass is 370 g/mol. The number of nitrogens with zero attached hydrogens (tertiary/aromatic N) is 2. The van der Waals surface area contributed by atoms with Crippen LogP contribution in [0.3, 0.4) is 0 Å². The molecular weight excluding hydrogens is 348 g/mol. The predicted molar refractivity (Wildman–Crippen MR) is 94.2 cm³/mol. The van der Waals surface area contributed by atoms with Crippen molar-refractivity contribution in [1.29, 1.82) is 0 Å². The summed E-state index contributed by atoms with van der Waals surface area (Å²) in [7, 11) is -3.91. The lowest BCUT2D eigenvalue weighted by atomic mass is 10.0. The molecule has 1 atom stereocenters. The van der Waals surface area contributed by atoms with E-state index >= 15 is 0 Å². The summed E-state index contributed by atoms with van der Waals surface area (Å²) in [5, 5.41) is 10.6. The van der Waals surface area contributed by atoms with E-state index in [4.69, 9.17) is 11.5 Å². The minimum Gasteiger partial charge on any atom is -0.370 e. The zero-order valence-electron chi connectivity index (χ0n) is 14.4. The molecule has 0 aliphatic carbocycles. The fraction of sp³-hybridized carbons (Fsp3) is 0.467. The van der Waals surface area contributed by atoms with Gasteiger partial charge in [-0.05, 0) is 31.4 Å². The molecule has 0 aromatic heterocycles. The number of amides is 1. The highest BCUT2D eigenvalue weighted by molar-refractivity contribution is 7.92. The van der Waals surface area contributed by atoms with Gasteiger partial charge in [0.15, 0.2) is 15.8 Å². The molecule has 9 nitrogen and oxygen atoms in total. The summed E-state index contributed by atoms with van der Waals surface area (Å²) in [6.45, 7) is 5.03. The van der Waals surface area contributed by atoms with Crippen molar-refractivity contribution in [2.75, 3.05) is 0 Å². The minimum atomic E-state index is -3.91. The van der Waals surface area contributed by atoms with Gasteiger partial charge in [-0.3, -0.25) is 14.9 Å². The number of carbonyl (C=O) groups is 1. The van der Waals surface area contributed by atoms with Gasteiger partial charge in [0.1, 0.15) is 4.90 Å². The number of aliphatic imine (C=N–C) groups is 1. The van der Waals surface area contributed by atoms with Crippen molar-refractivity contribution in [3.8, 4) is 0 Å². The quantitative estimate of drug-likeness (QED) is 0.318. The molecule has 0 saturated heterocycles. The predicted octanol–water partition coefficient (Wildman–Crippen LogP) is 1.53. The van der Waals surface area contributed by atoms with Crippen LogP contribution in [0.2, 0.25) is 0 Å². The van der Waals surface area contributed by atoms with E-state index in [0.29, 0.717) is 18.4 Å². The van der Waals surface area contributed by atoms with Crippen LogP contribution in [0.25, 0.3) is 0 Å². The van der Waals surface area contributed by atoms with Crippen LogP contribution in [0.5, 0.6) is 0 Å². The summed E-state index contributed by atoms with van der Waals surface area (Å²) in [4.78, 5) is 25.6. The van der Waals surface area contributed by atoms with Crippen LogP contribution >= 0.6 is 0 Å². The molecule has 1 amide bonds. The second-order valence-corrected chi connectivity index (χ2v) is 7.91. The molecule has 0 saturated carbocycles. The molecule has 0 heterocycles. The summed E-state index contributed by atoms with van der Waals surface area (Å²) in [5.41, 5.74) is 9.91. The van der Waals surface area contributed by atoms with E-state index in [1.807, 2.05) is 6.92 Å². The summed E-state index contributed by atoms with van der Waals surface area (Å²) in [5.74, 6) is -1.34. The van der Waals surface area contributed by atoms with Gasteiger partial charge < -0.3 is 11.5 Å². The first kappa shape index (κ1) is 20.6. The maximum atomic E-state index is 12.7. The van der Waals surface area contributed by atoms with Gasteiger partial charge in [0.25, 0.3) is 11.6 Å². The standard InChI is InChI=1S/C15H22N4O5S/c1-4-6-9(3)25(23,24)13-7-10(5-2)11(8-12(13)19(21)22)14(20)18-15(16)17/h7-9H,4-6H2,1-3H3,(H4,16,17,18,20). The van der Waals surface area contributed by atoms with Gasteiger partial charge in [-0.15, -0.1) is 0 Å². The Morgan fingerprint density at radius 3 is 2.36 bits per heavy atom. The average Bonchev–Trinajstić information content (AvgIpc) is 2.52. The fourth-order valence-electron chi connectivity index (χ4n) is 2.43. The lowest BCUT2D eigenvalue weighted by Gasteiger charge is -2.14. The summed E-state index contributed by atoms with van der Waals surface area (Å²) < 4.78 is 25.4. The second kappa shape index (κ2) is 8.06. The Balaban J connectivity index is 3.70. The van der Waals surface area contributed by atoms with Gasteiger partial charge in [0, 0.05) is 6.07 Å². The van der Waals surface area contributed by atoms with Crippen molar-refractivity contribution in [3.63, 3.8) is 0 Å². The van der Waals surface area contributed by atoms with Gasteiger partial charge in [-0.1, -0.05) is 20.3 Å². The van der Waals surface area contributed by atoms with Gasteiger partial charge in [0.2, 0.25) is 0 Å². The SMILES string of the molecule is CCCC(C)S(=O)(=O)c1cc(CC)c(C(=O)N=C(N)N)cc1[N+](=O)[O-]. The number of nitro groups is 1. The van der Waals surface area contributed by atoms with Crippen molar-refractivity contribution in [3.05, 3.63) is 33.4 Å². The highest BCUT2D eigenvalue weighted by Gasteiger charge is 2.32. The van der Waals surface area contributed by atoms with Gasteiger partial charge in [-0.25, -0.2) is 8.42 Å². The third-order valence-corrected chi connectivity index (χ3v) is 5.99. The first-order valence-electron chi connectivity index (χ1n) is 7.75. The largest absolute Gasteiger partial charge is 0.370 e. The first-order chi connectivity index (χ1) is 11.6. The Labute approximate surface area is 146 Å². The number of nitro benzene ring substituents is 1. The fourth-order valence-corrected chi connectivity index (χ4v) is 4.14. The molecule has 1 unspecified atom stereocenters. The molecule has 0 fully saturated rings. The van der Waals surface area contributed by atoms with Gasteiger partial charge in [-0.2, -0.15) is 4.99 Å². The molecule has 0 spiro atoms. The van der Waals surface area contributed by atoms with Crippen molar-refractivity contribution >= 4 is 27.4 Å². The van der Waals surface area contributed by atoms with Crippen molar-refractivity contribution in [1.82, 2.24) is 0 Å². The Morgan fingerprint density at radius 2 is 1.92 bits per heavy atom. The third-order valence-electron chi connectivity index (χ3n) is 3.75. The van der Waals surface area contributed by atoms with Crippen molar-refractivity contribution in [2.24, 2.45) is 16.5 Å². The minimum absolute atomic E-state index is 0.0929. The molecule has 10 heteroatoms. The lowest BCUT2D eigenvalue weighted by molar-refractivity contribution is -0.387. The van der Waals surface area contributed by atoms with E-state index in [1.165, 1.54) is 13.0 Å². The van der Waals surface area contributed by atoms with E-state index in [9.17, 15) is 23.3 Å². The van der Waals surface area contributed by atoms with Crippen LogP contribution in [0.15, 0.2) is 22.0 Å². The lowest BCUT2D eigenvalue weighted by Crippen LogP contribution is -2.24.